The molecular formula is C19H29NO4. The molecule has 0 spiro atoms. The Labute approximate surface area is 144 Å². The zero-order valence-electron chi connectivity index (χ0n) is 15.5. The van der Waals surface area contributed by atoms with E-state index in [1.807, 2.05) is 19.9 Å². The Morgan fingerprint density at radius 3 is 2.29 bits per heavy atom. The molecule has 0 aliphatic carbocycles. The third-order valence-electron chi connectivity index (χ3n) is 3.84. The summed E-state index contributed by atoms with van der Waals surface area (Å²) in [6.07, 6.45) is -0.848. The van der Waals surface area contributed by atoms with Crippen molar-refractivity contribution in [1.82, 2.24) is 5.32 Å². The van der Waals surface area contributed by atoms with Crippen LogP contribution in [-0.2, 0) is 14.3 Å². The highest BCUT2D eigenvalue weighted by Gasteiger charge is 2.22. The second-order valence-electron chi connectivity index (χ2n) is 6.49. The van der Waals surface area contributed by atoms with E-state index >= 15 is 0 Å². The van der Waals surface area contributed by atoms with E-state index in [2.05, 4.69) is 25.2 Å². The average molecular weight is 335 g/mol. The Balaban J connectivity index is 2.85. The standard InChI is InChI=1S/C19H29NO4/c1-12(2)15-7-8-16(17(11-15)13(3)4)19(22)24-14(5)18(21)20-9-10-23-6/h7-8,11-14H,9-10H2,1-6H3,(H,20,21)/t14-/m0/s1. The van der Waals surface area contributed by atoms with Crippen LogP contribution in [0, 0.1) is 0 Å². The molecule has 1 amide bonds. The number of ether oxygens (including phenoxy) is 2. The van der Waals surface area contributed by atoms with Crippen molar-refractivity contribution in [2.45, 2.75) is 52.6 Å². The van der Waals surface area contributed by atoms with Crippen molar-refractivity contribution in [3.8, 4) is 0 Å². The van der Waals surface area contributed by atoms with E-state index in [-0.39, 0.29) is 11.8 Å². The molecule has 0 radical (unpaired) electrons. The summed E-state index contributed by atoms with van der Waals surface area (Å²) in [5.41, 5.74) is 2.64. The minimum absolute atomic E-state index is 0.192. The van der Waals surface area contributed by atoms with Gasteiger partial charge in [-0.05, 0) is 36.0 Å². The van der Waals surface area contributed by atoms with Gasteiger partial charge in [0.05, 0.1) is 12.2 Å². The molecule has 0 aliphatic rings. The molecule has 0 unspecified atom stereocenters. The van der Waals surface area contributed by atoms with Gasteiger partial charge in [-0.1, -0.05) is 39.8 Å². The second-order valence-corrected chi connectivity index (χ2v) is 6.49. The van der Waals surface area contributed by atoms with Gasteiger partial charge in [0.2, 0.25) is 0 Å². The molecule has 0 saturated carbocycles. The number of carbonyl (C=O) groups is 2. The zero-order valence-corrected chi connectivity index (χ0v) is 15.5. The minimum Gasteiger partial charge on any atom is -0.449 e. The summed E-state index contributed by atoms with van der Waals surface area (Å²) in [7, 11) is 1.56. The summed E-state index contributed by atoms with van der Waals surface area (Å²) in [5, 5.41) is 2.66. The fraction of sp³-hybridized carbons (Fsp3) is 0.579. The van der Waals surface area contributed by atoms with Gasteiger partial charge in [-0.15, -0.1) is 0 Å². The van der Waals surface area contributed by atoms with Crippen LogP contribution in [-0.4, -0.2) is 38.2 Å². The summed E-state index contributed by atoms with van der Waals surface area (Å²) in [6, 6.07) is 5.79. The molecule has 0 fully saturated rings. The number of rotatable bonds is 8. The van der Waals surface area contributed by atoms with Crippen molar-refractivity contribution < 1.29 is 19.1 Å². The van der Waals surface area contributed by atoms with Crippen LogP contribution in [0.3, 0.4) is 0 Å². The van der Waals surface area contributed by atoms with E-state index in [1.165, 1.54) is 5.56 Å². The topological polar surface area (TPSA) is 64.6 Å². The molecule has 5 nitrogen and oxygen atoms in total. The highest BCUT2D eigenvalue weighted by molar-refractivity contribution is 5.93. The Morgan fingerprint density at radius 2 is 1.75 bits per heavy atom. The van der Waals surface area contributed by atoms with Crippen molar-refractivity contribution in [2.24, 2.45) is 0 Å². The summed E-state index contributed by atoms with van der Waals surface area (Å²) in [6.45, 7) is 10.7. The van der Waals surface area contributed by atoms with Gasteiger partial charge >= 0.3 is 5.97 Å². The van der Waals surface area contributed by atoms with Crippen LogP contribution in [0.25, 0.3) is 0 Å². The lowest BCUT2D eigenvalue weighted by Gasteiger charge is -2.18. The molecule has 134 valence electrons. The highest BCUT2D eigenvalue weighted by atomic mass is 16.5. The zero-order chi connectivity index (χ0) is 18.3. The van der Waals surface area contributed by atoms with Crippen LogP contribution in [0.15, 0.2) is 18.2 Å². The van der Waals surface area contributed by atoms with Crippen molar-refractivity contribution in [3.63, 3.8) is 0 Å². The van der Waals surface area contributed by atoms with E-state index in [0.717, 1.165) is 5.56 Å². The third-order valence-corrected chi connectivity index (χ3v) is 3.84. The number of carbonyl (C=O) groups excluding carboxylic acids is 2. The maximum atomic E-state index is 12.5. The summed E-state index contributed by atoms with van der Waals surface area (Å²) < 4.78 is 10.2. The first-order chi connectivity index (χ1) is 11.3. The van der Waals surface area contributed by atoms with Crippen LogP contribution in [0.4, 0.5) is 0 Å². The molecule has 0 saturated heterocycles. The van der Waals surface area contributed by atoms with E-state index in [1.54, 1.807) is 20.1 Å². The lowest BCUT2D eigenvalue weighted by Crippen LogP contribution is -2.37. The van der Waals surface area contributed by atoms with Crippen LogP contribution in [0.5, 0.6) is 0 Å². The maximum absolute atomic E-state index is 12.5. The van der Waals surface area contributed by atoms with Gasteiger partial charge < -0.3 is 14.8 Å². The van der Waals surface area contributed by atoms with E-state index < -0.39 is 12.1 Å². The van der Waals surface area contributed by atoms with Crippen LogP contribution < -0.4 is 5.32 Å². The highest BCUT2D eigenvalue weighted by Crippen LogP contribution is 2.25. The molecule has 1 N–H and O–H groups in total. The molecule has 0 heterocycles. The molecule has 1 aromatic rings. The first-order valence-electron chi connectivity index (χ1n) is 8.39. The largest absolute Gasteiger partial charge is 0.449 e. The fourth-order valence-electron chi connectivity index (χ4n) is 2.30. The normalized spacial score (nSPS) is 12.3. The van der Waals surface area contributed by atoms with E-state index in [0.29, 0.717) is 24.6 Å². The second kappa shape index (κ2) is 9.42. The summed E-state index contributed by atoms with van der Waals surface area (Å²) in [5.74, 6) is -0.219. The summed E-state index contributed by atoms with van der Waals surface area (Å²) >= 11 is 0. The van der Waals surface area contributed by atoms with Gasteiger partial charge in [-0.3, -0.25) is 4.79 Å². The SMILES string of the molecule is COCCNC(=O)[C@H](C)OC(=O)c1ccc(C(C)C)cc1C(C)C. The Morgan fingerprint density at radius 1 is 1.08 bits per heavy atom. The number of hydrogen-bond acceptors (Lipinski definition) is 4. The molecule has 0 bridgehead atoms. The Hall–Kier alpha value is -1.88. The predicted octanol–water partition coefficient (Wildman–Crippen LogP) is 3.24. The van der Waals surface area contributed by atoms with E-state index in [9.17, 15) is 9.59 Å². The number of amides is 1. The first-order valence-corrected chi connectivity index (χ1v) is 8.39. The Kier molecular flexibility index (Phi) is 7.92. The maximum Gasteiger partial charge on any atom is 0.339 e. The molecule has 1 aromatic carbocycles. The van der Waals surface area contributed by atoms with Gasteiger partial charge in [0.1, 0.15) is 0 Å². The molecule has 1 atom stereocenters. The predicted molar refractivity (Wildman–Crippen MR) is 94.4 cm³/mol. The van der Waals surface area contributed by atoms with Gasteiger partial charge in [0, 0.05) is 13.7 Å². The molecule has 1 rings (SSSR count). The molecular weight excluding hydrogens is 306 g/mol. The van der Waals surface area contributed by atoms with Crippen LogP contribution in [0.2, 0.25) is 0 Å². The average Bonchev–Trinajstić information content (AvgIpc) is 2.53. The van der Waals surface area contributed by atoms with Crippen molar-refractivity contribution in [1.29, 1.82) is 0 Å². The fourth-order valence-corrected chi connectivity index (χ4v) is 2.30. The van der Waals surface area contributed by atoms with Gasteiger partial charge in [0.25, 0.3) is 5.91 Å². The molecule has 24 heavy (non-hydrogen) atoms. The molecule has 0 aliphatic heterocycles. The lowest BCUT2D eigenvalue weighted by molar-refractivity contribution is -0.129. The first kappa shape index (κ1) is 20.2. The Bertz CT molecular complexity index is 566. The number of benzene rings is 1. The smallest absolute Gasteiger partial charge is 0.339 e. The quantitative estimate of drug-likeness (QED) is 0.585. The van der Waals surface area contributed by atoms with Crippen LogP contribution in [0.1, 0.15) is 67.9 Å². The minimum atomic E-state index is -0.848. The number of esters is 1. The van der Waals surface area contributed by atoms with Crippen molar-refractivity contribution in [2.75, 3.05) is 20.3 Å². The van der Waals surface area contributed by atoms with Gasteiger partial charge in [0.15, 0.2) is 6.10 Å². The van der Waals surface area contributed by atoms with E-state index in [4.69, 9.17) is 9.47 Å². The number of hydrogen-bond donors (Lipinski definition) is 1. The number of methoxy groups -OCH3 is 1. The van der Waals surface area contributed by atoms with Gasteiger partial charge in [-0.25, -0.2) is 4.79 Å². The lowest BCUT2D eigenvalue weighted by atomic mass is 9.91. The monoisotopic (exact) mass is 335 g/mol. The molecule has 0 aromatic heterocycles. The molecule has 5 heteroatoms. The summed E-state index contributed by atoms with van der Waals surface area (Å²) in [4.78, 5) is 24.4. The van der Waals surface area contributed by atoms with Crippen molar-refractivity contribution >= 4 is 11.9 Å². The van der Waals surface area contributed by atoms with Crippen LogP contribution >= 0.6 is 0 Å². The number of nitrogens with one attached hydrogen (secondary N) is 1. The van der Waals surface area contributed by atoms with Crippen molar-refractivity contribution in [3.05, 3.63) is 34.9 Å². The van der Waals surface area contributed by atoms with Gasteiger partial charge in [-0.2, -0.15) is 0 Å². The third kappa shape index (κ3) is 5.64.